The largest absolute Gasteiger partial charge is 0.452 e. The Kier molecular flexibility index (Phi) is 5.84. The van der Waals surface area contributed by atoms with Crippen LogP contribution in [0.3, 0.4) is 0 Å². The van der Waals surface area contributed by atoms with E-state index in [0.717, 1.165) is 50.1 Å². The standard InChI is InChI=1S/C44H27N3O/c1-3-12-28(13-4-1)41-43-42(35-20-9-10-21-40(35)48-43)46-44(45-41)33-17-11-16-29(24-33)32-22-23-38-36(26-32)37-25-30-14-7-8-15-31(30)27-39(37)47(38)34-18-5-2-6-19-34/h1-27H. The van der Waals surface area contributed by atoms with Crippen molar-refractivity contribution in [3.8, 4) is 39.5 Å². The fraction of sp³-hybridized carbons (Fsp3) is 0. The molecule has 0 radical (unpaired) electrons. The normalized spacial score (nSPS) is 11.8. The molecule has 0 N–H and O–H groups in total. The zero-order valence-corrected chi connectivity index (χ0v) is 25.8. The molecule has 224 valence electrons. The molecule has 0 saturated heterocycles. The Bertz CT molecular complexity index is 2830. The Morgan fingerprint density at radius 2 is 1.10 bits per heavy atom. The van der Waals surface area contributed by atoms with Crippen molar-refractivity contribution in [3.05, 3.63) is 164 Å². The Hall–Kier alpha value is -6.52. The summed E-state index contributed by atoms with van der Waals surface area (Å²) in [5.41, 5.74) is 10.8. The summed E-state index contributed by atoms with van der Waals surface area (Å²) in [5.74, 6) is 0.669. The number of aromatic nitrogens is 3. The first-order valence-corrected chi connectivity index (χ1v) is 16.2. The summed E-state index contributed by atoms with van der Waals surface area (Å²) in [6.45, 7) is 0. The third kappa shape index (κ3) is 4.16. The first-order chi connectivity index (χ1) is 23.8. The molecule has 0 aliphatic carbocycles. The Morgan fingerprint density at radius 1 is 0.438 bits per heavy atom. The average molecular weight is 614 g/mol. The summed E-state index contributed by atoms with van der Waals surface area (Å²) < 4.78 is 8.71. The quantitative estimate of drug-likeness (QED) is 0.198. The molecule has 0 saturated carbocycles. The van der Waals surface area contributed by atoms with Crippen molar-refractivity contribution in [2.45, 2.75) is 0 Å². The Labute approximate surface area is 276 Å². The second kappa shape index (κ2) is 10.5. The van der Waals surface area contributed by atoms with Gasteiger partial charge in [-0.3, -0.25) is 0 Å². The minimum absolute atomic E-state index is 0.669. The lowest BCUT2D eigenvalue weighted by Gasteiger charge is -2.09. The maximum atomic E-state index is 6.33. The predicted octanol–water partition coefficient (Wildman–Crippen LogP) is 11.6. The van der Waals surface area contributed by atoms with E-state index in [-0.39, 0.29) is 0 Å². The van der Waals surface area contributed by atoms with Crippen LogP contribution in [0.15, 0.2) is 168 Å². The smallest absolute Gasteiger partial charge is 0.180 e. The van der Waals surface area contributed by atoms with E-state index in [1.165, 1.54) is 32.6 Å². The molecule has 3 heterocycles. The lowest BCUT2D eigenvalue weighted by molar-refractivity contribution is 0.667. The minimum atomic E-state index is 0.669. The number of hydrogen-bond donors (Lipinski definition) is 0. The molecular formula is C44H27N3O. The van der Waals surface area contributed by atoms with Gasteiger partial charge in [-0.15, -0.1) is 0 Å². The first kappa shape index (κ1) is 26.7. The van der Waals surface area contributed by atoms with Gasteiger partial charge in [-0.1, -0.05) is 109 Å². The van der Waals surface area contributed by atoms with Crippen LogP contribution in [-0.4, -0.2) is 14.5 Å². The van der Waals surface area contributed by atoms with E-state index in [4.69, 9.17) is 14.4 Å². The van der Waals surface area contributed by atoms with Crippen LogP contribution in [0.5, 0.6) is 0 Å². The van der Waals surface area contributed by atoms with Gasteiger partial charge < -0.3 is 8.98 Å². The van der Waals surface area contributed by atoms with Gasteiger partial charge in [0, 0.05) is 33.0 Å². The second-order valence-corrected chi connectivity index (χ2v) is 12.2. The summed E-state index contributed by atoms with van der Waals surface area (Å²) in [7, 11) is 0. The van der Waals surface area contributed by atoms with Crippen LogP contribution in [-0.2, 0) is 0 Å². The average Bonchev–Trinajstić information content (AvgIpc) is 3.69. The molecule has 4 heteroatoms. The summed E-state index contributed by atoms with van der Waals surface area (Å²) in [5, 5.41) is 5.90. The third-order valence-electron chi connectivity index (χ3n) is 9.37. The molecule has 0 unspecified atom stereocenters. The van der Waals surface area contributed by atoms with Gasteiger partial charge in [0.15, 0.2) is 11.4 Å². The topological polar surface area (TPSA) is 43.9 Å². The van der Waals surface area contributed by atoms with Crippen molar-refractivity contribution in [3.63, 3.8) is 0 Å². The molecule has 10 aromatic rings. The third-order valence-corrected chi connectivity index (χ3v) is 9.37. The monoisotopic (exact) mass is 613 g/mol. The van der Waals surface area contributed by atoms with Crippen molar-refractivity contribution in [2.75, 3.05) is 0 Å². The van der Waals surface area contributed by atoms with Gasteiger partial charge in [-0.25, -0.2) is 9.97 Å². The van der Waals surface area contributed by atoms with Crippen LogP contribution in [0.4, 0.5) is 0 Å². The van der Waals surface area contributed by atoms with Crippen LogP contribution in [0, 0.1) is 0 Å². The summed E-state index contributed by atoms with van der Waals surface area (Å²) >= 11 is 0. The molecule has 4 nitrogen and oxygen atoms in total. The van der Waals surface area contributed by atoms with Crippen molar-refractivity contribution < 1.29 is 4.42 Å². The zero-order chi connectivity index (χ0) is 31.6. The number of rotatable bonds is 4. The lowest BCUT2D eigenvalue weighted by Crippen LogP contribution is -1.94. The van der Waals surface area contributed by atoms with Gasteiger partial charge in [0.25, 0.3) is 0 Å². The number of para-hydroxylation sites is 2. The minimum Gasteiger partial charge on any atom is -0.452 e. The van der Waals surface area contributed by atoms with Crippen LogP contribution in [0.1, 0.15) is 0 Å². The maximum absolute atomic E-state index is 6.33. The summed E-state index contributed by atoms with van der Waals surface area (Å²) in [6.07, 6.45) is 0. The number of fused-ring (bicyclic) bond motifs is 7. The highest BCUT2D eigenvalue weighted by atomic mass is 16.3. The first-order valence-electron chi connectivity index (χ1n) is 16.2. The van der Waals surface area contributed by atoms with Crippen LogP contribution < -0.4 is 0 Å². The van der Waals surface area contributed by atoms with Gasteiger partial charge in [0.05, 0.1) is 11.0 Å². The Balaban J connectivity index is 1.17. The highest BCUT2D eigenvalue weighted by Crippen LogP contribution is 2.39. The number of nitrogens with zero attached hydrogens (tertiary/aromatic N) is 3. The molecule has 7 aromatic carbocycles. The molecular weight excluding hydrogens is 587 g/mol. The van der Waals surface area contributed by atoms with Gasteiger partial charge in [-0.2, -0.15) is 0 Å². The molecule has 10 rings (SSSR count). The molecule has 48 heavy (non-hydrogen) atoms. The second-order valence-electron chi connectivity index (χ2n) is 12.2. The molecule has 0 fully saturated rings. The fourth-order valence-electron chi connectivity index (χ4n) is 7.09. The number of benzene rings is 7. The van der Waals surface area contributed by atoms with Gasteiger partial charge in [0.2, 0.25) is 0 Å². The van der Waals surface area contributed by atoms with E-state index in [1.807, 2.05) is 36.4 Å². The van der Waals surface area contributed by atoms with Crippen LogP contribution in [0.25, 0.3) is 94.1 Å². The Morgan fingerprint density at radius 3 is 1.96 bits per heavy atom. The van der Waals surface area contributed by atoms with Gasteiger partial charge in [0.1, 0.15) is 16.8 Å². The van der Waals surface area contributed by atoms with Crippen molar-refractivity contribution in [2.24, 2.45) is 0 Å². The van der Waals surface area contributed by atoms with Gasteiger partial charge >= 0.3 is 0 Å². The maximum Gasteiger partial charge on any atom is 0.180 e. The molecule has 0 aliphatic rings. The van der Waals surface area contributed by atoms with Gasteiger partial charge in [-0.05, 0) is 76.5 Å². The molecule has 0 bridgehead atoms. The zero-order valence-electron chi connectivity index (χ0n) is 25.8. The number of furan rings is 1. The summed E-state index contributed by atoms with van der Waals surface area (Å²) in [6, 6.07) is 57.5. The fourth-order valence-corrected chi connectivity index (χ4v) is 7.09. The highest BCUT2D eigenvalue weighted by molar-refractivity contribution is 6.14. The molecule has 0 spiro atoms. The van der Waals surface area contributed by atoms with E-state index >= 15 is 0 Å². The van der Waals surface area contributed by atoms with Crippen molar-refractivity contribution in [1.29, 1.82) is 0 Å². The lowest BCUT2D eigenvalue weighted by atomic mass is 9.99. The van der Waals surface area contributed by atoms with E-state index in [1.54, 1.807) is 0 Å². The molecule has 0 amide bonds. The van der Waals surface area contributed by atoms with Crippen molar-refractivity contribution in [1.82, 2.24) is 14.5 Å². The van der Waals surface area contributed by atoms with Crippen molar-refractivity contribution >= 4 is 54.6 Å². The van der Waals surface area contributed by atoms with Crippen LogP contribution >= 0.6 is 0 Å². The highest BCUT2D eigenvalue weighted by Gasteiger charge is 2.19. The van der Waals surface area contributed by atoms with E-state index < -0.39 is 0 Å². The SMILES string of the molecule is c1ccc(-c2nc(-c3cccc(-c4ccc5c(c4)c4cc6ccccc6cc4n5-c4ccccc4)c3)nc3c2oc2ccccc23)cc1. The van der Waals surface area contributed by atoms with Crippen LogP contribution in [0.2, 0.25) is 0 Å². The number of hydrogen-bond acceptors (Lipinski definition) is 3. The molecule has 0 aliphatic heterocycles. The van der Waals surface area contributed by atoms with E-state index in [0.29, 0.717) is 11.4 Å². The summed E-state index contributed by atoms with van der Waals surface area (Å²) in [4.78, 5) is 10.2. The molecule has 0 atom stereocenters. The van der Waals surface area contributed by atoms with E-state index in [2.05, 4.69) is 132 Å². The van der Waals surface area contributed by atoms with E-state index in [9.17, 15) is 0 Å². The predicted molar refractivity (Wildman–Crippen MR) is 197 cm³/mol. The molecule has 3 aromatic heterocycles.